The second kappa shape index (κ2) is 4.59. The standard InChI is InChI=1S/C14H10ClNOS/c1-17-10-2-3-13-11(6-10)12(15)7-14(16-13)9-4-5-18-8-9/h2-8H,1H3. The van der Waals surface area contributed by atoms with Gasteiger partial charge >= 0.3 is 0 Å². The molecule has 18 heavy (non-hydrogen) atoms. The highest BCUT2D eigenvalue weighted by Gasteiger charge is 2.07. The van der Waals surface area contributed by atoms with Gasteiger partial charge in [0.25, 0.3) is 0 Å². The topological polar surface area (TPSA) is 22.1 Å². The molecular formula is C14H10ClNOS. The van der Waals surface area contributed by atoms with Gasteiger partial charge in [-0.2, -0.15) is 11.3 Å². The Kier molecular flexibility index (Phi) is 2.94. The Hall–Kier alpha value is -1.58. The third kappa shape index (κ3) is 1.96. The summed E-state index contributed by atoms with van der Waals surface area (Å²) in [5, 5.41) is 5.70. The Labute approximate surface area is 114 Å². The van der Waals surface area contributed by atoms with Crippen molar-refractivity contribution in [3.8, 4) is 17.0 Å². The van der Waals surface area contributed by atoms with Gasteiger partial charge in [-0.25, -0.2) is 4.98 Å². The van der Waals surface area contributed by atoms with Crippen molar-refractivity contribution in [2.75, 3.05) is 7.11 Å². The first-order valence-electron chi connectivity index (χ1n) is 5.45. The zero-order valence-corrected chi connectivity index (χ0v) is 11.3. The molecular weight excluding hydrogens is 266 g/mol. The molecule has 0 spiro atoms. The van der Waals surface area contributed by atoms with Crippen LogP contribution in [0.3, 0.4) is 0 Å². The van der Waals surface area contributed by atoms with Crippen LogP contribution in [0.25, 0.3) is 22.2 Å². The Bertz CT molecular complexity index is 694. The molecule has 0 fully saturated rings. The van der Waals surface area contributed by atoms with Crippen LogP contribution in [0.15, 0.2) is 41.1 Å². The molecule has 90 valence electrons. The highest BCUT2D eigenvalue weighted by Crippen LogP contribution is 2.31. The maximum Gasteiger partial charge on any atom is 0.119 e. The van der Waals surface area contributed by atoms with Gasteiger partial charge in [0.1, 0.15) is 5.75 Å². The van der Waals surface area contributed by atoms with E-state index in [-0.39, 0.29) is 0 Å². The van der Waals surface area contributed by atoms with E-state index in [1.165, 1.54) is 0 Å². The van der Waals surface area contributed by atoms with Gasteiger partial charge in [0, 0.05) is 16.3 Å². The number of hydrogen-bond donors (Lipinski definition) is 0. The minimum Gasteiger partial charge on any atom is -0.497 e. The van der Waals surface area contributed by atoms with Gasteiger partial charge < -0.3 is 4.74 Å². The molecule has 0 atom stereocenters. The molecule has 0 saturated heterocycles. The highest BCUT2D eigenvalue weighted by atomic mass is 35.5. The zero-order valence-electron chi connectivity index (χ0n) is 9.68. The molecule has 0 amide bonds. The van der Waals surface area contributed by atoms with Crippen molar-refractivity contribution in [2.45, 2.75) is 0 Å². The predicted octanol–water partition coefficient (Wildman–Crippen LogP) is 4.63. The molecule has 2 nitrogen and oxygen atoms in total. The molecule has 0 bridgehead atoms. The Morgan fingerprint density at radius 2 is 2.11 bits per heavy atom. The van der Waals surface area contributed by atoms with Crippen LogP contribution in [0.4, 0.5) is 0 Å². The van der Waals surface area contributed by atoms with Gasteiger partial charge in [-0.15, -0.1) is 0 Å². The summed E-state index contributed by atoms with van der Waals surface area (Å²) in [4.78, 5) is 4.62. The number of ether oxygens (including phenoxy) is 1. The predicted molar refractivity (Wildman–Crippen MR) is 76.6 cm³/mol. The first kappa shape index (κ1) is 11.5. The molecule has 0 saturated carbocycles. The quantitative estimate of drug-likeness (QED) is 0.680. The third-order valence-electron chi connectivity index (χ3n) is 2.78. The van der Waals surface area contributed by atoms with Crippen LogP contribution in [0.1, 0.15) is 0 Å². The van der Waals surface area contributed by atoms with Crippen LogP contribution in [-0.4, -0.2) is 12.1 Å². The van der Waals surface area contributed by atoms with E-state index in [2.05, 4.69) is 10.4 Å². The molecule has 0 unspecified atom stereocenters. The SMILES string of the molecule is COc1ccc2nc(-c3ccsc3)cc(Cl)c2c1. The fourth-order valence-electron chi connectivity index (χ4n) is 1.85. The molecule has 0 aliphatic carbocycles. The zero-order chi connectivity index (χ0) is 12.5. The molecule has 3 aromatic rings. The number of halogens is 1. The van der Waals surface area contributed by atoms with Crippen LogP contribution in [0, 0.1) is 0 Å². The second-order valence-corrected chi connectivity index (χ2v) is 5.07. The first-order chi connectivity index (χ1) is 8.78. The number of hydrogen-bond acceptors (Lipinski definition) is 3. The summed E-state index contributed by atoms with van der Waals surface area (Å²) in [6.07, 6.45) is 0. The van der Waals surface area contributed by atoms with E-state index in [0.29, 0.717) is 5.02 Å². The summed E-state index contributed by atoms with van der Waals surface area (Å²) in [6.45, 7) is 0. The van der Waals surface area contributed by atoms with Gasteiger partial charge in [0.2, 0.25) is 0 Å². The number of aromatic nitrogens is 1. The summed E-state index contributed by atoms with van der Waals surface area (Å²) in [7, 11) is 1.64. The Morgan fingerprint density at radius 3 is 2.83 bits per heavy atom. The van der Waals surface area contributed by atoms with Gasteiger partial charge in [-0.05, 0) is 35.7 Å². The number of methoxy groups -OCH3 is 1. The fourth-order valence-corrected chi connectivity index (χ4v) is 2.75. The number of thiophene rings is 1. The molecule has 0 radical (unpaired) electrons. The van der Waals surface area contributed by atoms with Crippen LogP contribution in [0.2, 0.25) is 5.02 Å². The van der Waals surface area contributed by atoms with Gasteiger partial charge in [0.05, 0.1) is 23.3 Å². The largest absolute Gasteiger partial charge is 0.497 e. The van der Waals surface area contributed by atoms with E-state index in [1.54, 1.807) is 18.4 Å². The van der Waals surface area contributed by atoms with Crippen LogP contribution in [-0.2, 0) is 0 Å². The maximum absolute atomic E-state index is 6.32. The molecule has 2 aromatic heterocycles. The van der Waals surface area contributed by atoms with E-state index in [0.717, 1.165) is 27.9 Å². The minimum atomic E-state index is 0.695. The van der Waals surface area contributed by atoms with E-state index in [4.69, 9.17) is 16.3 Å². The van der Waals surface area contributed by atoms with Gasteiger partial charge in [-0.3, -0.25) is 0 Å². The lowest BCUT2D eigenvalue weighted by Crippen LogP contribution is -1.87. The summed E-state index contributed by atoms with van der Waals surface area (Å²) >= 11 is 7.96. The lowest BCUT2D eigenvalue weighted by Gasteiger charge is -2.06. The van der Waals surface area contributed by atoms with Crippen LogP contribution < -0.4 is 4.74 Å². The van der Waals surface area contributed by atoms with E-state index >= 15 is 0 Å². The number of benzene rings is 1. The van der Waals surface area contributed by atoms with Crippen molar-refractivity contribution in [1.82, 2.24) is 4.98 Å². The third-order valence-corrected chi connectivity index (χ3v) is 3.78. The van der Waals surface area contributed by atoms with E-state index in [1.807, 2.05) is 35.7 Å². The van der Waals surface area contributed by atoms with Crippen molar-refractivity contribution in [1.29, 1.82) is 0 Å². The smallest absolute Gasteiger partial charge is 0.119 e. The van der Waals surface area contributed by atoms with E-state index < -0.39 is 0 Å². The minimum absolute atomic E-state index is 0.695. The van der Waals surface area contributed by atoms with Crippen molar-refractivity contribution in [3.05, 3.63) is 46.1 Å². The summed E-state index contributed by atoms with van der Waals surface area (Å²) in [5.41, 5.74) is 2.88. The highest BCUT2D eigenvalue weighted by molar-refractivity contribution is 7.08. The fraction of sp³-hybridized carbons (Fsp3) is 0.0714. The monoisotopic (exact) mass is 275 g/mol. The second-order valence-electron chi connectivity index (χ2n) is 3.88. The van der Waals surface area contributed by atoms with Crippen LogP contribution in [0.5, 0.6) is 5.75 Å². The summed E-state index contributed by atoms with van der Waals surface area (Å²) < 4.78 is 5.20. The molecule has 2 heterocycles. The molecule has 0 aliphatic heterocycles. The maximum atomic E-state index is 6.32. The average Bonchev–Trinajstić information content (AvgIpc) is 2.92. The number of pyridine rings is 1. The summed E-state index contributed by atoms with van der Waals surface area (Å²) in [5.74, 6) is 0.787. The van der Waals surface area contributed by atoms with Gasteiger partial charge in [-0.1, -0.05) is 11.6 Å². The number of rotatable bonds is 2. The number of nitrogens with zero attached hydrogens (tertiary/aromatic N) is 1. The van der Waals surface area contributed by atoms with Crippen LogP contribution >= 0.6 is 22.9 Å². The first-order valence-corrected chi connectivity index (χ1v) is 6.77. The molecule has 0 N–H and O–H groups in total. The van der Waals surface area contributed by atoms with Gasteiger partial charge in [0.15, 0.2) is 0 Å². The van der Waals surface area contributed by atoms with Crippen molar-refractivity contribution >= 4 is 33.8 Å². The lowest BCUT2D eigenvalue weighted by molar-refractivity contribution is 0.415. The average molecular weight is 276 g/mol. The Balaban J connectivity index is 2.22. The molecule has 1 aromatic carbocycles. The molecule has 4 heteroatoms. The number of fused-ring (bicyclic) bond motifs is 1. The normalized spacial score (nSPS) is 10.8. The Morgan fingerprint density at radius 1 is 1.22 bits per heavy atom. The summed E-state index contributed by atoms with van der Waals surface area (Å²) in [6, 6.07) is 9.66. The molecule has 0 aliphatic rings. The van der Waals surface area contributed by atoms with E-state index in [9.17, 15) is 0 Å². The molecule has 3 rings (SSSR count). The lowest BCUT2D eigenvalue weighted by atomic mass is 10.1. The van der Waals surface area contributed by atoms with Crippen molar-refractivity contribution in [2.24, 2.45) is 0 Å². The van der Waals surface area contributed by atoms with Crippen molar-refractivity contribution < 1.29 is 4.74 Å². The van der Waals surface area contributed by atoms with Crippen molar-refractivity contribution in [3.63, 3.8) is 0 Å².